The number of nitrogens with one attached hydrogen (secondary N) is 1. The molecule has 1 aliphatic carbocycles. The predicted molar refractivity (Wildman–Crippen MR) is 78.9 cm³/mol. The molecule has 19 heavy (non-hydrogen) atoms. The zero-order chi connectivity index (χ0) is 13.7. The third-order valence-corrected chi connectivity index (χ3v) is 4.37. The largest absolute Gasteiger partial charge is 0.392 e. The fraction of sp³-hybridized carbons (Fsp3) is 0.625. The molecule has 3 nitrogen and oxygen atoms in total. The Hall–Kier alpha value is -0.900. The van der Waals surface area contributed by atoms with Crippen molar-refractivity contribution in [3.8, 4) is 0 Å². The molecule has 1 aliphatic rings. The van der Waals surface area contributed by atoms with E-state index in [1.807, 2.05) is 12.1 Å². The molecule has 0 aromatic heterocycles. The maximum atomic E-state index is 9.05. The first kappa shape index (κ1) is 14.5. The van der Waals surface area contributed by atoms with Gasteiger partial charge in [-0.3, -0.25) is 4.90 Å². The van der Waals surface area contributed by atoms with Gasteiger partial charge in [0.25, 0.3) is 0 Å². The first-order chi connectivity index (χ1) is 9.22. The summed E-state index contributed by atoms with van der Waals surface area (Å²) in [6, 6.07) is 9.71. The Bertz CT molecular complexity index is 369. The predicted octanol–water partition coefficient (Wildman–Crippen LogP) is 2.14. The van der Waals surface area contributed by atoms with Crippen LogP contribution in [0.4, 0.5) is 0 Å². The van der Waals surface area contributed by atoms with Gasteiger partial charge in [-0.25, -0.2) is 0 Å². The zero-order valence-corrected chi connectivity index (χ0v) is 12.1. The Labute approximate surface area is 116 Å². The number of rotatable bonds is 5. The number of benzene rings is 1. The molecule has 0 saturated heterocycles. The van der Waals surface area contributed by atoms with Crippen LogP contribution in [0.15, 0.2) is 24.3 Å². The first-order valence-corrected chi connectivity index (χ1v) is 7.29. The second kappa shape index (κ2) is 7.04. The highest BCUT2D eigenvalue weighted by molar-refractivity contribution is 5.21. The molecule has 0 radical (unpaired) electrons. The summed E-state index contributed by atoms with van der Waals surface area (Å²) in [5.41, 5.74) is 2.32. The van der Waals surface area contributed by atoms with Crippen LogP contribution in [0.1, 0.15) is 36.8 Å². The van der Waals surface area contributed by atoms with Gasteiger partial charge in [0.05, 0.1) is 6.61 Å². The van der Waals surface area contributed by atoms with Crippen LogP contribution < -0.4 is 5.32 Å². The Morgan fingerprint density at radius 1 is 1.11 bits per heavy atom. The van der Waals surface area contributed by atoms with Gasteiger partial charge < -0.3 is 10.4 Å². The second-order valence-corrected chi connectivity index (χ2v) is 5.68. The summed E-state index contributed by atoms with van der Waals surface area (Å²) in [5, 5.41) is 12.4. The lowest BCUT2D eigenvalue weighted by Crippen LogP contribution is -2.39. The Morgan fingerprint density at radius 3 is 2.21 bits per heavy atom. The summed E-state index contributed by atoms with van der Waals surface area (Å²) in [4.78, 5) is 2.47. The molecule has 0 unspecified atom stereocenters. The number of aliphatic hydroxyl groups is 1. The molecule has 0 atom stereocenters. The van der Waals surface area contributed by atoms with Gasteiger partial charge >= 0.3 is 0 Å². The van der Waals surface area contributed by atoms with Crippen LogP contribution in [0.5, 0.6) is 0 Å². The Balaban J connectivity index is 1.84. The molecule has 106 valence electrons. The van der Waals surface area contributed by atoms with Gasteiger partial charge in [0.1, 0.15) is 0 Å². The van der Waals surface area contributed by atoms with Crippen LogP contribution in [-0.4, -0.2) is 36.2 Å². The first-order valence-electron chi connectivity index (χ1n) is 7.29. The van der Waals surface area contributed by atoms with Crippen molar-refractivity contribution in [3.05, 3.63) is 35.4 Å². The van der Waals surface area contributed by atoms with E-state index in [0.717, 1.165) is 12.1 Å². The fourth-order valence-corrected chi connectivity index (χ4v) is 2.97. The third kappa shape index (κ3) is 4.03. The molecule has 2 rings (SSSR count). The summed E-state index contributed by atoms with van der Waals surface area (Å²) < 4.78 is 0. The van der Waals surface area contributed by atoms with Gasteiger partial charge in [0.2, 0.25) is 0 Å². The molecule has 0 bridgehead atoms. The Kier molecular flexibility index (Phi) is 5.37. The van der Waals surface area contributed by atoms with Crippen LogP contribution in [0.3, 0.4) is 0 Å². The molecule has 1 saturated carbocycles. The maximum absolute atomic E-state index is 9.05. The summed E-state index contributed by atoms with van der Waals surface area (Å²) in [7, 11) is 4.29. The van der Waals surface area contributed by atoms with Crippen LogP contribution >= 0.6 is 0 Å². The number of nitrogens with zero attached hydrogens (tertiary/aromatic N) is 1. The number of hydrogen-bond acceptors (Lipinski definition) is 3. The lowest BCUT2D eigenvalue weighted by atomic mass is 9.90. The normalized spacial score (nSPS) is 23.8. The van der Waals surface area contributed by atoms with E-state index in [9.17, 15) is 0 Å². The molecular formula is C16H26N2O. The smallest absolute Gasteiger partial charge is 0.0681 e. The third-order valence-electron chi connectivity index (χ3n) is 4.37. The van der Waals surface area contributed by atoms with Crippen molar-refractivity contribution >= 4 is 0 Å². The average Bonchev–Trinajstić information content (AvgIpc) is 2.48. The van der Waals surface area contributed by atoms with Gasteiger partial charge in [0.15, 0.2) is 0 Å². The standard InChI is InChI=1S/C16H26N2O/c1-17-15-7-9-16(10-8-15)18(2)11-13-3-5-14(12-19)6-4-13/h3-6,15-17,19H,7-12H2,1-2H3. The Morgan fingerprint density at radius 2 is 1.68 bits per heavy atom. The molecule has 1 aromatic carbocycles. The highest BCUT2D eigenvalue weighted by Gasteiger charge is 2.22. The van der Waals surface area contributed by atoms with Gasteiger partial charge in [-0.05, 0) is 50.9 Å². The van der Waals surface area contributed by atoms with Crippen molar-refractivity contribution in [1.82, 2.24) is 10.2 Å². The highest BCUT2D eigenvalue weighted by Crippen LogP contribution is 2.23. The van der Waals surface area contributed by atoms with Crippen molar-refractivity contribution in [2.75, 3.05) is 14.1 Å². The van der Waals surface area contributed by atoms with Crippen molar-refractivity contribution in [3.63, 3.8) is 0 Å². The second-order valence-electron chi connectivity index (χ2n) is 5.68. The summed E-state index contributed by atoms with van der Waals surface area (Å²) in [5.74, 6) is 0. The molecule has 2 N–H and O–H groups in total. The van der Waals surface area contributed by atoms with E-state index in [0.29, 0.717) is 12.1 Å². The van der Waals surface area contributed by atoms with Crippen molar-refractivity contribution in [2.45, 2.75) is 50.9 Å². The zero-order valence-electron chi connectivity index (χ0n) is 12.1. The van der Waals surface area contributed by atoms with Crippen molar-refractivity contribution in [2.24, 2.45) is 0 Å². The highest BCUT2D eigenvalue weighted by atomic mass is 16.3. The van der Waals surface area contributed by atoms with E-state index in [2.05, 4.69) is 36.4 Å². The van der Waals surface area contributed by atoms with Gasteiger partial charge in [0, 0.05) is 18.6 Å². The summed E-state index contributed by atoms with van der Waals surface area (Å²) >= 11 is 0. The SMILES string of the molecule is CNC1CCC(N(C)Cc2ccc(CO)cc2)CC1. The van der Waals surface area contributed by atoms with Crippen LogP contribution in [0.25, 0.3) is 0 Å². The summed E-state index contributed by atoms with van der Waals surface area (Å²) in [6.07, 6.45) is 5.15. The molecule has 0 spiro atoms. The fourth-order valence-electron chi connectivity index (χ4n) is 2.97. The van der Waals surface area contributed by atoms with Gasteiger partial charge in [-0.2, -0.15) is 0 Å². The van der Waals surface area contributed by atoms with E-state index in [-0.39, 0.29) is 6.61 Å². The lowest BCUT2D eigenvalue weighted by Gasteiger charge is -2.34. The molecule has 3 heteroatoms. The van der Waals surface area contributed by atoms with E-state index >= 15 is 0 Å². The molecule has 0 heterocycles. The quantitative estimate of drug-likeness (QED) is 0.853. The van der Waals surface area contributed by atoms with E-state index < -0.39 is 0 Å². The van der Waals surface area contributed by atoms with Crippen molar-refractivity contribution in [1.29, 1.82) is 0 Å². The minimum atomic E-state index is 0.129. The van der Waals surface area contributed by atoms with Gasteiger partial charge in [-0.15, -0.1) is 0 Å². The minimum absolute atomic E-state index is 0.129. The van der Waals surface area contributed by atoms with Crippen LogP contribution in [0.2, 0.25) is 0 Å². The van der Waals surface area contributed by atoms with Crippen LogP contribution in [0, 0.1) is 0 Å². The minimum Gasteiger partial charge on any atom is -0.392 e. The van der Waals surface area contributed by atoms with E-state index in [1.54, 1.807) is 0 Å². The topological polar surface area (TPSA) is 35.5 Å². The number of hydrogen-bond donors (Lipinski definition) is 2. The average molecular weight is 262 g/mol. The lowest BCUT2D eigenvalue weighted by molar-refractivity contribution is 0.170. The van der Waals surface area contributed by atoms with E-state index in [4.69, 9.17) is 5.11 Å². The molecule has 0 aliphatic heterocycles. The molecular weight excluding hydrogens is 236 g/mol. The monoisotopic (exact) mass is 262 g/mol. The van der Waals surface area contributed by atoms with E-state index in [1.165, 1.54) is 31.2 Å². The molecule has 1 aromatic rings. The summed E-state index contributed by atoms with van der Waals surface area (Å²) in [6.45, 7) is 1.13. The molecule has 1 fully saturated rings. The molecule has 0 amide bonds. The van der Waals surface area contributed by atoms with Crippen LogP contribution in [-0.2, 0) is 13.2 Å². The maximum Gasteiger partial charge on any atom is 0.0681 e. The number of aliphatic hydroxyl groups excluding tert-OH is 1. The van der Waals surface area contributed by atoms with Gasteiger partial charge in [-0.1, -0.05) is 24.3 Å². The van der Waals surface area contributed by atoms with Crippen molar-refractivity contribution < 1.29 is 5.11 Å².